The molecule has 3 aliphatic rings. The Morgan fingerprint density at radius 3 is 2.45 bits per heavy atom. The molecule has 2 saturated heterocycles. The second kappa shape index (κ2) is 7.16. The standard InChI is InChI=1S/C14H18Br2Cl2O2/c1-2-3-14(17,18)13(19)12-10-4-9(7-16)11(20-12)5-8(10)6-15/h8-11H,1-7H2. The maximum absolute atomic E-state index is 12.6. The number of rotatable bonds is 6. The van der Waals surface area contributed by atoms with Crippen molar-refractivity contribution in [2.45, 2.75) is 36.1 Å². The van der Waals surface area contributed by atoms with E-state index in [0.717, 1.165) is 23.5 Å². The highest BCUT2D eigenvalue weighted by atomic mass is 79.9. The number of ketones is 1. The molecule has 4 unspecified atom stereocenters. The van der Waals surface area contributed by atoms with Gasteiger partial charge in [-0.3, -0.25) is 4.79 Å². The van der Waals surface area contributed by atoms with Crippen molar-refractivity contribution < 1.29 is 9.53 Å². The van der Waals surface area contributed by atoms with Crippen molar-refractivity contribution >= 4 is 60.8 Å². The second-order valence-electron chi connectivity index (χ2n) is 5.56. The lowest BCUT2D eigenvalue weighted by Gasteiger charge is -2.50. The molecule has 2 radical (unpaired) electrons. The van der Waals surface area contributed by atoms with Gasteiger partial charge in [-0.15, -0.1) is 0 Å². The molecule has 4 atom stereocenters. The summed E-state index contributed by atoms with van der Waals surface area (Å²) in [7, 11) is 0. The van der Waals surface area contributed by atoms with E-state index in [-0.39, 0.29) is 17.8 Å². The van der Waals surface area contributed by atoms with Crippen LogP contribution >= 0.6 is 55.1 Å². The summed E-state index contributed by atoms with van der Waals surface area (Å²) >= 11 is 19.4. The van der Waals surface area contributed by atoms with E-state index in [4.69, 9.17) is 27.9 Å². The van der Waals surface area contributed by atoms with Gasteiger partial charge in [-0.05, 0) is 37.5 Å². The summed E-state index contributed by atoms with van der Waals surface area (Å²) < 4.78 is 4.53. The molecule has 1 saturated carbocycles. The third kappa shape index (κ3) is 3.40. The second-order valence-corrected chi connectivity index (χ2v) is 8.34. The molecular weight excluding hydrogens is 431 g/mol. The van der Waals surface area contributed by atoms with Gasteiger partial charge in [0.2, 0.25) is 5.78 Å². The fraction of sp³-hybridized carbons (Fsp3) is 0.786. The maximum atomic E-state index is 12.6. The summed E-state index contributed by atoms with van der Waals surface area (Å²) in [5.74, 6) is 0.737. The third-order valence-electron chi connectivity index (χ3n) is 4.24. The number of alkyl halides is 4. The Morgan fingerprint density at radius 1 is 1.30 bits per heavy atom. The highest BCUT2D eigenvalue weighted by Gasteiger charge is 2.54. The minimum atomic E-state index is -1.41. The molecule has 3 fully saturated rings. The minimum absolute atomic E-state index is 0.0877. The highest BCUT2D eigenvalue weighted by molar-refractivity contribution is 9.09. The van der Waals surface area contributed by atoms with Gasteiger partial charge in [0, 0.05) is 16.6 Å². The molecule has 3 rings (SSSR count). The van der Waals surface area contributed by atoms with E-state index >= 15 is 0 Å². The molecule has 0 N–H and O–H groups in total. The predicted molar refractivity (Wildman–Crippen MR) is 89.4 cm³/mol. The first-order valence-electron chi connectivity index (χ1n) is 6.81. The quantitative estimate of drug-likeness (QED) is 0.550. The summed E-state index contributed by atoms with van der Waals surface area (Å²) in [5, 5.41) is 1.77. The minimum Gasteiger partial charge on any atom is -0.360 e. The van der Waals surface area contributed by atoms with Gasteiger partial charge in [0.05, 0.1) is 6.10 Å². The van der Waals surface area contributed by atoms with Crippen LogP contribution in [-0.2, 0) is 9.53 Å². The monoisotopic (exact) mass is 446 g/mol. The molecule has 0 amide bonds. The number of hydrogen-bond donors (Lipinski definition) is 0. The number of carbonyl (C=O) groups excluding carboxylic acids is 1. The first-order chi connectivity index (χ1) is 9.44. The van der Waals surface area contributed by atoms with Crippen molar-refractivity contribution in [1.29, 1.82) is 0 Å². The summed E-state index contributed by atoms with van der Waals surface area (Å²) in [6.45, 7) is 3.72. The smallest absolute Gasteiger partial charge is 0.204 e. The summed E-state index contributed by atoms with van der Waals surface area (Å²) in [6.07, 6.45) is 3.38. The molecule has 6 heteroatoms. The van der Waals surface area contributed by atoms with E-state index in [0.29, 0.717) is 30.8 Å². The first kappa shape index (κ1) is 17.5. The number of Topliss-reactive ketones (excluding diaryl/α,β-unsaturated/α-hetero) is 1. The van der Waals surface area contributed by atoms with E-state index in [9.17, 15) is 4.79 Å². The number of ether oxygens (including phenoxy) is 1. The molecule has 0 aromatic rings. The number of hydrogen-bond acceptors (Lipinski definition) is 2. The molecular formula is C14H18Br2Cl2O2. The highest BCUT2D eigenvalue weighted by Crippen LogP contribution is 2.51. The predicted octanol–water partition coefficient (Wildman–Crippen LogP) is 4.71. The van der Waals surface area contributed by atoms with E-state index in [1.54, 1.807) is 0 Å². The van der Waals surface area contributed by atoms with Gasteiger partial charge < -0.3 is 4.74 Å². The van der Waals surface area contributed by atoms with Crippen LogP contribution in [0.2, 0.25) is 0 Å². The first-order valence-corrected chi connectivity index (χ1v) is 9.81. The van der Waals surface area contributed by atoms with Gasteiger partial charge in [0.1, 0.15) is 0 Å². The van der Waals surface area contributed by atoms with Gasteiger partial charge in [-0.1, -0.05) is 62.0 Å². The van der Waals surface area contributed by atoms with Gasteiger partial charge in [0.25, 0.3) is 0 Å². The Kier molecular flexibility index (Phi) is 6.28. The number of halogens is 4. The van der Waals surface area contributed by atoms with Crippen molar-refractivity contribution in [1.82, 2.24) is 0 Å². The van der Waals surface area contributed by atoms with Crippen LogP contribution in [0, 0.1) is 30.8 Å². The molecule has 2 aliphatic heterocycles. The lowest BCUT2D eigenvalue weighted by molar-refractivity contribution is -0.148. The molecule has 2 heterocycles. The summed E-state index contributed by atoms with van der Waals surface area (Å²) in [5.41, 5.74) is 0. The van der Waals surface area contributed by atoms with Crippen LogP contribution in [0.1, 0.15) is 25.7 Å². The third-order valence-corrected chi connectivity index (χ3v) is 6.63. The van der Waals surface area contributed by atoms with Gasteiger partial charge in [-0.25, -0.2) is 0 Å². The largest absolute Gasteiger partial charge is 0.360 e. The fourth-order valence-electron chi connectivity index (χ4n) is 3.11. The average molecular weight is 449 g/mol. The fourth-order valence-corrected chi connectivity index (χ4v) is 4.96. The maximum Gasteiger partial charge on any atom is 0.204 e. The van der Waals surface area contributed by atoms with Gasteiger partial charge >= 0.3 is 0 Å². The molecule has 2 nitrogen and oxygen atoms in total. The molecule has 0 aromatic heterocycles. The lowest BCUT2D eigenvalue weighted by Crippen LogP contribution is -2.53. The number of carbonyl (C=O) groups is 1. The SMILES string of the molecule is [CH2]CCC(Cl)(Cl)C(=O)[C]1OC2CC(CBr)C1CC2CBr. The van der Waals surface area contributed by atoms with Crippen LogP contribution in [0.15, 0.2) is 0 Å². The van der Waals surface area contributed by atoms with Gasteiger partial charge in [-0.2, -0.15) is 0 Å². The van der Waals surface area contributed by atoms with Crippen LogP contribution < -0.4 is 0 Å². The van der Waals surface area contributed by atoms with E-state index in [1.807, 2.05) is 0 Å². The van der Waals surface area contributed by atoms with Crippen LogP contribution in [0.25, 0.3) is 0 Å². The Labute approximate surface area is 147 Å². The number of fused-ring (bicyclic) bond motifs is 3. The van der Waals surface area contributed by atoms with E-state index < -0.39 is 4.33 Å². The van der Waals surface area contributed by atoms with Crippen molar-refractivity contribution in [3.05, 3.63) is 13.0 Å². The van der Waals surface area contributed by atoms with Crippen LogP contribution in [0.5, 0.6) is 0 Å². The zero-order valence-corrected chi connectivity index (χ0v) is 15.8. The zero-order chi connectivity index (χ0) is 14.9. The van der Waals surface area contributed by atoms with Gasteiger partial charge in [0.15, 0.2) is 10.4 Å². The van der Waals surface area contributed by atoms with Crippen molar-refractivity contribution in [2.75, 3.05) is 10.7 Å². The zero-order valence-electron chi connectivity index (χ0n) is 11.1. The topological polar surface area (TPSA) is 26.3 Å². The van der Waals surface area contributed by atoms with Crippen molar-refractivity contribution in [3.63, 3.8) is 0 Å². The van der Waals surface area contributed by atoms with Crippen LogP contribution in [0.4, 0.5) is 0 Å². The Hall–Kier alpha value is 1.17. The molecule has 0 spiro atoms. The molecule has 1 aliphatic carbocycles. The Bertz CT molecular complexity index is 365. The van der Waals surface area contributed by atoms with E-state index in [2.05, 4.69) is 38.8 Å². The van der Waals surface area contributed by atoms with Crippen LogP contribution in [0.3, 0.4) is 0 Å². The molecule has 114 valence electrons. The van der Waals surface area contributed by atoms with Crippen LogP contribution in [-0.4, -0.2) is 26.9 Å². The normalized spacial score (nSPS) is 34.5. The summed E-state index contributed by atoms with van der Waals surface area (Å²) in [6, 6.07) is 0. The molecule has 20 heavy (non-hydrogen) atoms. The summed E-state index contributed by atoms with van der Waals surface area (Å²) in [4.78, 5) is 12.6. The molecule has 2 bridgehead atoms. The molecule has 0 aromatic carbocycles. The van der Waals surface area contributed by atoms with E-state index in [1.165, 1.54) is 0 Å². The average Bonchev–Trinajstić information content (AvgIpc) is 2.45. The Morgan fingerprint density at radius 2 is 1.95 bits per heavy atom. The lowest BCUT2D eigenvalue weighted by atomic mass is 9.67. The van der Waals surface area contributed by atoms with Crippen molar-refractivity contribution in [3.8, 4) is 0 Å². The Balaban J connectivity index is 2.15. The van der Waals surface area contributed by atoms with Crippen molar-refractivity contribution in [2.24, 2.45) is 17.8 Å².